The van der Waals surface area contributed by atoms with Crippen molar-refractivity contribution in [3.05, 3.63) is 72.1 Å². The van der Waals surface area contributed by atoms with Gasteiger partial charge in [0.05, 0.1) is 5.56 Å². The van der Waals surface area contributed by atoms with Gasteiger partial charge in [0.15, 0.2) is 11.5 Å². The van der Waals surface area contributed by atoms with Crippen LogP contribution >= 0.6 is 0 Å². The normalized spacial score (nSPS) is 11.9. The number of ether oxygens (including phenoxy) is 2. The molecule has 1 aromatic heterocycles. The van der Waals surface area contributed by atoms with E-state index in [0.29, 0.717) is 29.6 Å². The molecular weight excluding hydrogens is 344 g/mol. The lowest BCUT2D eigenvalue weighted by Gasteiger charge is -2.17. The van der Waals surface area contributed by atoms with Crippen LogP contribution in [0.5, 0.6) is 11.5 Å². The molecule has 0 spiro atoms. The Kier molecular flexibility index (Phi) is 4.57. The fourth-order valence-electron chi connectivity index (χ4n) is 2.76. The van der Waals surface area contributed by atoms with Gasteiger partial charge in [-0.1, -0.05) is 30.3 Å². The minimum absolute atomic E-state index is 0.131. The van der Waals surface area contributed by atoms with Crippen molar-refractivity contribution < 1.29 is 14.3 Å². The van der Waals surface area contributed by atoms with Gasteiger partial charge >= 0.3 is 0 Å². The van der Waals surface area contributed by atoms with Gasteiger partial charge in [-0.05, 0) is 17.7 Å². The van der Waals surface area contributed by atoms with E-state index < -0.39 is 0 Å². The van der Waals surface area contributed by atoms with Crippen molar-refractivity contribution in [2.45, 2.75) is 6.54 Å². The van der Waals surface area contributed by atoms with E-state index in [-0.39, 0.29) is 12.7 Å². The first kappa shape index (κ1) is 16.8. The van der Waals surface area contributed by atoms with Crippen LogP contribution in [-0.2, 0) is 6.54 Å². The van der Waals surface area contributed by atoms with Crippen LogP contribution in [0, 0.1) is 0 Å². The molecule has 1 amide bonds. The molecule has 7 nitrogen and oxygen atoms in total. The number of nitrogens with one attached hydrogen (secondary N) is 1. The van der Waals surface area contributed by atoms with Gasteiger partial charge in [-0.3, -0.25) is 4.79 Å². The van der Waals surface area contributed by atoms with E-state index >= 15 is 0 Å². The highest BCUT2D eigenvalue weighted by Crippen LogP contribution is 2.34. The lowest BCUT2D eigenvalue weighted by molar-refractivity contribution is 0.0784. The molecule has 2 heterocycles. The number of hydrogen-bond acceptors (Lipinski definition) is 6. The lowest BCUT2D eigenvalue weighted by Crippen LogP contribution is -2.26. The van der Waals surface area contributed by atoms with Crippen LogP contribution in [0.2, 0.25) is 0 Å². The number of anilines is 2. The van der Waals surface area contributed by atoms with Gasteiger partial charge in [0.1, 0.15) is 0 Å². The fourth-order valence-corrected chi connectivity index (χ4v) is 2.76. The average molecular weight is 362 g/mol. The van der Waals surface area contributed by atoms with Gasteiger partial charge in [-0.25, -0.2) is 9.97 Å². The highest BCUT2D eigenvalue weighted by molar-refractivity contribution is 5.93. The summed E-state index contributed by atoms with van der Waals surface area (Å²) in [4.78, 5) is 22.7. The van der Waals surface area contributed by atoms with Crippen LogP contribution in [0.4, 0.5) is 11.6 Å². The zero-order chi connectivity index (χ0) is 18.6. The Labute approximate surface area is 156 Å². The summed E-state index contributed by atoms with van der Waals surface area (Å²) in [5.41, 5.74) is 2.28. The molecule has 0 bridgehead atoms. The Hall–Kier alpha value is -3.61. The van der Waals surface area contributed by atoms with E-state index in [1.165, 1.54) is 12.4 Å². The maximum Gasteiger partial charge on any atom is 0.257 e. The van der Waals surface area contributed by atoms with Crippen molar-refractivity contribution >= 4 is 17.5 Å². The number of nitrogens with zero attached hydrogens (tertiary/aromatic N) is 3. The van der Waals surface area contributed by atoms with Gasteiger partial charge in [-0.15, -0.1) is 0 Å². The largest absolute Gasteiger partial charge is 0.454 e. The number of carbonyl (C=O) groups is 1. The van der Waals surface area contributed by atoms with Gasteiger partial charge in [0.2, 0.25) is 12.7 Å². The van der Waals surface area contributed by atoms with E-state index in [1.807, 2.05) is 48.5 Å². The number of hydrogen-bond donors (Lipinski definition) is 1. The summed E-state index contributed by atoms with van der Waals surface area (Å²) in [7, 11) is 1.76. The van der Waals surface area contributed by atoms with E-state index in [0.717, 1.165) is 11.3 Å². The summed E-state index contributed by atoms with van der Waals surface area (Å²) >= 11 is 0. The van der Waals surface area contributed by atoms with E-state index in [9.17, 15) is 4.79 Å². The van der Waals surface area contributed by atoms with Crippen LogP contribution < -0.4 is 14.8 Å². The first-order valence-corrected chi connectivity index (χ1v) is 8.47. The van der Waals surface area contributed by atoms with Crippen molar-refractivity contribution in [3.8, 4) is 11.5 Å². The minimum Gasteiger partial charge on any atom is -0.454 e. The second-order valence-electron chi connectivity index (χ2n) is 6.14. The van der Waals surface area contributed by atoms with E-state index in [2.05, 4.69) is 15.3 Å². The summed E-state index contributed by atoms with van der Waals surface area (Å²) < 4.78 is 10.6. The van der Waals surface area contributed by atoms with Crippen LogP contribution in [0.15, 0.2) is 60.9 Å². The highest BCUT2D eigenvalue weighted by Gasteiger charge is 2.15. The second kappa shape index (κ2) is 7.33. The van der Waals surface area contributed by atoms with Crippen LogP contribution in [0.1, 0.15) is 15.9 Å². The molecule has 1 N–H and O–H groups in total. The zero-order valence-electron chi connectivity index (χ0n) is 14.8. The van der Waals surface area contributed by atoms with Crippen molar-refractivity contribution in [2.75, 3.05) is 19.2 Å². The molecule has 0 aliphatic carbocycles. The van der Waals surface area contributed by atoms with Crippen LogP contribution in [0.25, 0.3) is 0 Å². The smallest absolute Gasteiger partial charge is 0.257 e. The molecule has 0 radical (unpaired) electrons. The summed E-state index contributed by atoms with van der Waals surface area (Å²) in [6.07, 6.45) is 3.04. The molecule has 7 heteroatoms. The molecular formula is C20H18N4O3. The Balaban J connectivity index is 1.41. The molecule has 0 atom stereocenters. The molecule has 0 fully saturated rings. The quantitative estimate of drug-likeness (QED) is 0.751. The number of amides is 1. The zero-order valence-corrected chi connectivity index (χ0v) is 14.8. The number of benzene rings is 2. The summed E-state index contributed by atoms with van der Waals surface area (Å²) in [6, 6.07) is 15.3. The first-order chi connectivity index (χ1) is 13.2. The molecule has 27 heavy (non-hydrogen) atoms. The third-order valence-corrected chi connectivity index (χ3v) is 4.14. The highest BCUT2D eigenvalue weighted by atomic mass is 16.7. The Morgan fingerprint density at radius 3 is 2.59 bits per heavy atom. The number of fused-ring (bicyclic) bond motifs is 1. The molecule has 0 unspecified atom stereocenters. The number of rotatable bonds is 5. The van der Waals surface area contributed by atoms with E-state index in [1.54, 1.807) is 11.9 Å². The molecule has 2 aromatic carbocycles. The maximum atomic E-state index is 12.5. The summed E-state index contributed by atoms with van der Waals surface area (Å²) in [5.74, 6) is 1.66. The molecule has 0 saturated heterocycles. The van der Waals surface area contributed by atoms with Crippen molar-refractivity contribution in [3.63, 3.8) is 0 Å². The third-order valence-electron chi connectivity index (χ3n) is 4.14. The Bertz CT molecular complexity index is 945. The molecule has 136 valence electrons. The summed E-state index contributed by atoms with van der Waals surface area (Å²) in [6.45, 7) is 0.749. The van der Waals surface area contributed by atoms with Crippen molar-refractivity contribution in [2.24, 2.45) is 0 Å². The van der Waals surface area contributed by atoms with Gasteiger partial charge < -0.3 is 19.7 Å². The van der Waals surface area contributed by atoms with Crippen LogP contribution in [-0.4, -0.2) is 34.6 Å². The molecule has 0 saturated carbocycles. The SMILES string of the molecule is CN(Cc1ccccc1)C(=O)c1cnc(Nc2ccc3c(c2)OCO3)nc1. The standard InChI is InChI=1S/C20H18N4O3/c1-24(12-14-5-3-2-4-6-14)19(25)15-10-21-20(22-11-15)23-16-7-8-17-18(9-16)27-13-26-17/h2-11H,12-13H2,1H3,(H,21,22,23). The molecule has 1 aliphatic heterocycles. The van der Waals surface area contributed by atoms with E-state index in [4.69, 9.17) is 9.47 Å². The molecule has 4 rings (SSSR count). The Morgan fingerprint density at radius 2 is 1.81 bits per heavy atom. The van der Waals surface area contributed by atoms with Crippen LogP contribution in [0.3, 0.4) is 0 Å². The first-order valence-electron chi connectivity index (χ1n) is 8.47. The predicted octanol–water partition coefficient (Wildman–Crippen LogP) is 3.22. The van der Waals surface area contributed by atoms with Crippen molar-refractivity contribution in [1.82, 2.24) is 14.9 Å². The summed E-state index contributed by atoms with van der Waals surface area (Å²) in [5, 5.41) is 3.09. The van der Waals surface area contributed by atoms with Crippen molar-refractivity contribution in [1.29, 1.82) is 0 Å². The fraction of sp³-hybridized carbons (Fsp3) is 0.150. The number of aromatic nitrogens is 2. The number of carbonyl (C=O) groups excluding carboxylic acids is 1. The average Bonchev–Trinajstić information content (AvgIpc) is 3.16. The van der Waals surface area contributed by atoms with Gasteiger partial charge in [-0.2, -0.15) is 0 Å². The maximum absolute atomic E-state index is 12.5. The topological polar surface area (TPSA) is 76.6 Å². The monoisotopic (exact) mass is 362 g/mol. The Morgan fingerprint density at radius 1 is 1.07 bits per heavy atom. The minimum atomic E-state index is -0.131. The lowest BCUT2D eigenvalue weighted by atomic mass is 10.2. The molecule has 1 aliphatic rings. The van der Waals surface area contributed by atoms with Gasteiger partial charge in [0, 0.05) is 37.7 Å². The third kappa shape index (κ3) is 3.82. The van der Waals surface area contributed by atoms with Gasteiger partial charge in [0.25, 0.3) is 5.91 Å². The second-order valence-corrected chi connectivity index (χ2v) is 6.14. The predicted molar refractivity (Wildman–Crippen MR) is 100 cm³/mol. The molecule has 3 aromatic rings.